The summed E-state index contributed by atoms with van der Waals surface area (Å²) < 4.78 is 17.3. The van der Waals surface area contributed by atoms with Crippen LogP contribution in [0.3, 0.4) is 0 Å². The van der Waals surface area contributed by atoms with E-state index in [9.17, 15) is 14.4 Å². The van der Waals surface area contributed by atoms with Crippen LogP contribution in [0, 0.1) is 5.41 Å². The van der Waals surface area contributed by atoms with Crippen LogP contribution in [0.2, 0.25) is 0 Å². The van der Waals surface area contributed by atoms with Crippen molar-refractivity contribution in [2.24, 2.45) is 33.7 Å². The molecule has 2 heterocycles. The van der Waals surface area contributed by atoms with Crippen molar-refractivity contribution in [3.63, 3.8) is 0 Å². The number of nitrogen functional groups attached to an aromatic ring is 1. The van der Waals surface area contributed by atoms with Crippen LogP contribution in [-0.4, -0.2) is 45.6 Å². The summed E-state index contributed by atoms with van der Waals surface area (Å²) in [6, 6.07) is 10.1. The summed E-state index contributed by atoms with van der Waals surface area (Å²) >= 11 is 0. The van der Waals surface area contributed by atoms with E-state index in [0.29, 0.717) is 0 Å². The monoisotopic (exact) mass is 534 g/mol. The van der Waals surface area contributed by atoms with Crippen LogP contribution in [0.25, 0.3) is 0 Å². The first-order valence-electron chi connectivity index (χ1n) is 11.0. The summed E-state index contributed by atoms with van der Waals surface area (Å²) in [5.41, 5.74) is 27.5. The lowest BCUT2D eigenvalue weighted by Crippen LogP contribution is -2.40. The first-order valence-corrected chi connectivity index (χ1v) is 11.0. The maximum atomic E-state index is 12.6. The lowest BCUT2D eigenvalue weighted by molar-refractivity contribution is -0.129. The highest BCUT2D eigenvalue weighted by Crippen LogP contribution is 2.41. The first-order chi connectivity index (χ1) is 18.5. The summed E-state index contributed by atoms with van der Waals surface area (Å²) in [4.78, 5) is 48.4. The number of rotatable bonds is 9. The molecule has 4 rings (SSSR count). The number of nitrogens with zero attached hydrogens (tertiary/aromatic N) is 3. The third-order valence-corrected chi connectivity index (χ3v) is 5.08. The zero-order valence-corrected chi connectivity index (χ0v) is 20.0. The number of guanidine groups is 1. The molecular weight excluding hydrogens is 512 g/mol. The molecule has 16 nitrogen and oxygen atoms in total. The Morgan fingerprint density at radius 2 is 1.77 bits per heavy atom. The van der Waals surface area contributed by atoms with Gasteiger partial charge in [0, 0.05) is 5.56 Å². The Labute approximate surface area is 219 Å². The Kier molecular flexibility index (Phi) is 7.10. The number of amidine groups is 1. The van der Waals surface area contributed by atoms with Gasteiger partial charge in [0.15, 0.2) is 23.5 Å². The Hall–Kier alpha value is -5.93. The fourth-order valence-electron chi connectivity index (χ4n) is 3.38. The Morgan fingerprint density at radius 1 is 1.03 bits per heavy atom. The molecule has 2 aromatic carbocycles. The Balaban J connectivity index is 1.83. The Bertz CT molecular complexity index is 1540. The normalized spacial score (nSPS) is 13.7. The smallest absolute Gasteiger partial charge is 0.328 e. The van der Waals surface area contributed by atoms with Gasteiger partial charge in [-0.05, 0) is 24.3 Å². The van der Waals surface area contributed by atoms with Crippen molar-refractivity contribution in [2.45, 2.75) is 12.5 Å². The number of aliphatic imine (C=N–C) groups is 1. The van der Waals surface area contributed by atoms with Gasteiger partial charge in [-0.1, -0.05) is 18.2 Å². The van der Waals surface area contributed by atoms with Crippen molar-refractivity contribution in [3.8, 4) is 29.3 Å². The number of aromatic nitrogens is 2. The van der Waals surface area contributed by atoms with E-state index < -0.39 is 30.2 Å². The van der Waals surface area contributed by atoms with Crippen LogP contribution in [0.4, 0.5) is 11.4 Å². The van der Waals surface area contributed by atoms with Crippen LogP contribution in [0.15, 0.2) is 47.5 Å². The SMILES string of the molecule is N=C(N)c1ccc(C(N)=O)c(Oc2nc(Oc3ccccc3N=C(N)N)nc3c2NC(=O)C(CC(N)=O)O3)c1. The van der Waals surface area contributed by atoms with Crippen LogP contribution in [0.1, 0.15) is 22.3 Å². The average molecular weight is 534 g/mol. The number of anilines is 1. The van der Waals surface area contributed by atoms with Gasteiger partial charge in [0.25, 0.3) is 17.7 Å². The van der Waals surface area contributed by atoms with Crippen LogP contribution >= 0.6 is 0 Å². The predicted octanol–water partition coefficient (Wildman–Crippen LogP) is -0.0760. The second kappa shape index (κ2) is 10.6. The minimum Gasteiger partial charge on any atom is -0.462 e. The number of hydrogen-bond acceptors (Lipinski definition) is 10. The minimum atomic E-state index is -1.30. The predicted molar refractivity (Wildman–Crippen MR) is 137 cm³/mol. The molecule has 3 amide bonds. The van der Waals surface area contributed by atoms with Gasteiger partial charge in [-0.15, -0.1) is 0 Å². The van der Waals surface area contributed by atoms with E-state index >= 15 is 0 Å². The molecule has 3 aromatic rings. The molecule has 1 unspecified atom stereocenters. The van der Waals surface area contributed by atoms with E-state index in [1.54, 1.807) is 18.2 Å². The number of amides is 3. The zero-order valence-electron chi connectivity index (χ0n) is 20.0. The van der Waals surface area contributed by atoms with E-state index in [1.165, 1.54) is 24.3 Å². The van der Waals surface area contributed by atoms with E-state index in [1.807, 2.05) is 0 Å². The van der Waals surface area contributed by atoms with Crippen molar-refractivity contribution >= 4 is 40.9 Å². The largest absolute Gasteiger partial charge is 0.462 e. The molecule has 1 aliphatic rings. The van der Waals surface area contributed by atoms with Gasteiger partial charge in [0.1, 0.15) is 17.3 Å². The molecule has 0 radical (unpaired) electrons. The number of nitrogens with two attached hydrogens (primary N) is 5. The van der Waals surface area contributed by atoms with Gasteiger partial charge in [-0.25, -0.2) is 4.99 Å². The van der Waals surface area contributed by atoms with Gasteiger partial charge in [-0.2, -0.15) is 9.97 Å². The molecule has 1 atom stereocenters. The second-order valence-corrected chi connectivity index (χ2v) is 7.96. The highest BCUT2D eigenvalue weighted by Gasteiger charge is 2.34. The van der Waals surface area contributed by atoms with Gasteiger partial charge >= 0.3 is 6.01 Å². The molecule has 0 aliphatic carbocycles. The fraction of sp³-hybridized carbons (Fsp3) is 0.0870. The molecule has 200 valence electrons. The molecule has 0 bridgehead atoms. The van der Waals surface area contributed by atoms with E-state index in [-0.39, 0.29) is 63.6 Å². The molecule has 12 N–H and O–H groups in total. The van der Waals surface area contributed by atoms with Gasteiger partial charge in [-0.3, -0.25) is 19.8 Å². The molecule has 1 aromatic heterocycles. The first kappa shape index (κ1) is 26.1. The number of primary amides is 2. The van der Waals surface area contributed by atoms with Crippen LogP contribution < -0.4 is 48.2 Å². The molecule has 39 heavy (non-hydrogen) atoms. The Morgan fingerprint density at radius 3 is 2.44 bits per heavy atom. The van der Waals surface area contributed by atoms with E-state index in [2.05, 4.69) is 20.3 Å². The number of fused-ring (bicyclic) bond motifs is 1. The third-order valence-electron chi connectivity index (χ3n) is 5.08. The quantitative estimate of drug-likeness (QED) is 0.141. The highest BCUT2D eigenvalue weighted by atomic mass is 16.5. The number of nitrogens with one attached hydrogen (secondary N) is 2. The maximum absolute atomic E-state index is 12.6. The molecule has 0 spiro atoms. The highest BCUT2D eigenvalue weighted by molar-refractivity contribution is 6.01. The molecule has 1 aliphatic heterocycles. The maximum Gasteiger partial charge on any atom is 0.328 e. The molecular formula is C23H22N10O6. The standard InChI is InChI=1S/C23H22N10O6/c24-15(34)8-14-19(36)31-16-20(37-13-7-9(17(25)26)5-6-10(13)18(27)35)32-23(33-21(16)38-14)39-12-4-2-1-3-11(12)30-22(28)29/h1-7,14H,8H2,(H2,24,34)(H3,25,26)(H2,27,35)(H,31,36)(H4,28,29,30). The number of carbonyl (C=O) groups is 3. The van der Waals surface area contributed by atoms with E-state index in [4.69, 9.17) is 48.3 Å². The minimum absolute atomic E-state index is 0.0809. The molecule has 16 heteroatoms. The van der Waals surface area contributed by atoms with E-state index in [0.717, 1.165) is 0 Å². The lowest BCUT2D eigenvalue weighted by Gasteiger charge is -2.25. The molecule has 0 saturated heterocycles. The summed E-state index contributed by atoms with van der Waals surface area (Å²) in [5, 5.41) is 10.2. The summed E-state index contributed by atoms with van der Waals surface area (Å²) in [6.07, 6.45) is -1.75. The van der Waals surface area contributed by atoms with Crippen LogP contribution in [0.5, 0.6) is 29.3 Å². The topological polar surface area (TPSA) is 283 Å². The van der Waals surface area contributed by atoms with Gasteiger partial charge in [0.2, 0.25) is 11.8 Å². The van der Waals surface area contributed by atoms with Crippen LogP contribution in [-0.2, 0) is 9.59 Å². The average Bonchev–Trinajstić information content (AvgIpc) is 2.85. The number of carbonyl (C=O) groups excluding carboxylic acids is 3. The fourth-order valence-corrected chi connectivity index (χ4v) is 3.38. The molecule has 0 fully saturated rings. The molecule has 0 saturated carbocycles. The second-order valence-electron chi connectivity index (χ2n) is 7.96. The number of ether oxygens (including phenoxy) is 3. The number of hydrogen-bond donors (Lipinski definition) is 7. The zero-order chi connectivity index (χ0) is 28.3. The number of para-hydroxylation sites is 2. The third kappa shape index (κ3) is 5.91. The summed E-state index contributed by atoms with van der Waals surface area (Å²) in [5.74, 6) is -3.48. The van der Waals surface area contributed by atoms with Gasteiger partial charge < -0.3 is 48.2 Å². The van der Waals surface area contributed by atoms with Crippen molar-refractivity contribution in [3.05, 3.63) is 53.6 Å². The number of benzene rings is 2. The van der Waals surface area contributed by atoms with Crippen molar-refractivity contribution in [1.82, 2.24) is 9.97 Å². The van der Waals surface area contributed by atoms with Crippen molar-refractivity contribution in [1.29, 1.82) is 5.41 Å². The lowest BCUT2D eigenvalue weighted by atomic mass is 10.1. The summed E-state index contributed by atoms with van der Waals surface area (Å²) in [7, 11) is 0. The summed E-state index contributed by atoms with van der Waals surface area (Å²) in [6.45, 7) is 0. The van der Waals surface area contributed by atoms with Crippen molar-refractivity contribution < 1.29 is 28.6 Å². The van der Waals surface area contributed by atoms with Gasteiger partial charge in [0.05, 0.1) is 12.0 Å². The van der Waals surface area contributed by atoms with Crippen molar-refractivity contribution in [2.75, 3.05) is 5.32 Å².